The molecule has 0 atom stereocenters. The molecule has 5 heteroatoms. The van der Waals surface area contributed by atoms with E-state index in [0.29, 0.717) is 17.0 Å². The first kappa shape index (κ1) is 14.3. The Balaban J connectivity index is 1.76. The summed E-state index contributed by atoms with van der Waals surface area (Å²) in [7, 11) is 0. The average Bonchev–Trinajstić information content (AvgIpc) is 2.91. The fourth-order valence-corrected chi connectivity index (χ4v) is 3.09. The monoisotopic (exact) mass is 311 g/mol. The lowest BCUT2D eigenvalue weighted by Crippen LogP contribution is -2.14. The van der Waals surface area contributed by atoms with Gasteiger partial charge in [-0.15, -0.1) is 11.3 Å². The van der Waals surface area contributed by atoms with Crippen LogP contribution in [0.2, 0.25) is 0 Å². The topological polar surface area (TPSA) is 66.4 Å². The highest BCUT2D eigenvalue weighted by atomic mass is 32.1. The van der Waals surface area contributed by atoms with Crippen LogP contribution in [0.25, 0.3) is 10.1 Å². The number of amides is 1. The highest BCUT2D eigenvalue weighted by Gasteiger charge is 2.10. The first-order valence-corrected chi connectivity index (χ1v) is 7.54. The Morgan fingerprint density at radius 1 is 1.05 bits per heavy atom. The average molecular weight is 311 g/mol. The lowest BCUT2D eigenvalue weighted by atomic mass is 10.1. The van der Waals surface area contributed by atoms with Gasteiger partial charge in [-0.05, 0) is 35.2 Å². The number of fused-ring (bicyclic) bond motifs is 1. The summed E-state index contributed by atoms with van der Waals surface area (Å²) < 4.78 is 0.887. The molecule has 22 heavy (non-hydrogen) atoms. The third kappa shape index (κ3) is 3.15. The van der Waals surface area contributed by atoms with Gasteiger partial charge < -0.3 is 10.4 Å². The van der Waals surface area contributed by atoms with E-state index in [2.05, 4.69) is 5.32 Å². The number of thiophene rings is 1. The molecule has 1 amide bonds. The van der Waals surface area contributed by atoms with Crippen molar-refractivity contribution >= 4 is 39.0 Å². The SMILES string of the molecule is O=C(Cc1ccccc1)Nc1ccc2sc(C(=O)O)cc2c1. The Labute approximate surface area is 131 Å². The van der Waals surface area contributed by atoms with E-state index in [-0.39, 0.29) is 5.91 Å². The Morgan fingerprint density at radius 3 is 2.55 bits per heavy atom. The summed E-state index contributed by atoms with van der Waals surface area (Å²) >= 11 is 1.22. The maximum atomic E-state index is 12.0. The molecule has 0 saturated heterocycles. The van der Waals surface area contributed by atoms with Gasteiger partial charge in [0, 0.05) is 10.4 Å². The van der Waals surface area contributed by atoms with Crippen LogP contribution in [0.15, 0.2) is 54.6 Å². The molecule has 0 bridgehead atoms. The molecular formula is C17H13NO3S. The van der Waals surface area contributed by atoms with Crippen molar-refractivity contribution in [3.05, 3.63) is 65.0 Å². The molecular weight excluding hydrogens is 298 g/mol. The van der Waals surface area contributed by atoms with Crippen molar-refractivity contribution in [3.63, 3.8) is 0 Å². The molecule has 2 N–H and O–H groups in total. The molecule has 0 fully saturated rings. The lowest BCUT2D eigenvalue weighted by Gasteiger charge is -2.05. The molecule has 3 rings (SSSR count). The van der Waals surface area contributed by atoms with Crippen molar-refractivity contribution in [3.8, 4) is 0 Å². The van der Waals surface area contributed by atoms with E-state index >= 15 is 0 Å². The van der Waals surface area contributed by atoms with E-state index in [1.807, 2.05) is 36.4 Å². The van der Waals surface area contributed by atoms with Gasteiger partial charge in [0.05, 0.1) is 6.42 Å². The molecule has 0 saturated carbocycles. The predicted molar refractivity (Wildman–Crippen MR) is 87.6 cm³/mol. The number of carboxylic acids is 1. The van der Waals surface area contributed by atoms with Crippen molar-refractivity contribution in [2.75, 3.05) is 5.32 Å². The summed E-state index contributed by atoms with van der Waals surface area (Å²) in [6.07, 6.45) is 0.308. The van der Waals surface area contributed by atoms with Crippen molar-refractivity contribution in [1.29, 1.82) is 0 Å². The molecule has 3 aromatic rings. The van der Waals surface area contributed by atoms with Gasteiger partial charge in [-0.25, -0.2) is 4.79 Å². The molecule has 110 valence electrons. The number of rotatable bonds is 4. The fraction of sp³-hybridized carbons (Fsp3) is 0.0588. The van der Waals surface area contributed by atoms with Gasteiger partial charge in [-0.1, -0.05) is 30.3 Å². The number of benzene rings is 2. The summed E-state index contributed by atoms with van der Waals surface area (Å²) in [6, 6.07) is 16.5. The minimum atomic E-state index is -0.934. The van der Waals surface area contributed by atoms with Gasteiger partial charge in [0.15, 0.2) is 0 Å². The first-order chi connectivity index (χ1) is 10.6. The van der Waals surface area contributed by atoms with E-state index in [1.165, 1.54) is 11.3 Å². The Morgan fingerprint density at radius 2 is 1.82 bits per heavy atom. The highest BCUT2D eigenvalue weighted by Crippen LogP contribution is 2.28. The summed E-state index contributed by atoms with van der Waals surface area (Å²) in [5, 5.41) is 12.7. The number of anilines is 1. The summed E-state index contributed by atoms with van der Waals surface area (Å²) in [5.74, 6) is -1.03. The smallest absolute Gasteiger partial charge is 0.345 e. The van der Waals surface area contributed by atoms with Crippen LogP contribution in [0.1, 0.15) is 15.2 Å². The van der Waals surface area contributed by atoms with Gasteiger partial charge in [-0.3, -0.25) is 4.79 Å². The molecule has 1 heterocycles. The number of hydrogen-bond donors (Lipinski definition) is 2. The summed E-state index contributed by atoms with van der Waals surface area (Å²) in [4.78, 5) is 23.3. The van der Waals surface area contributed by atoms with E-state index in [1.54, 1.807) is 18.2 Å². The van der Waals surface area contributed by atoms with Gasteiger partial charge in [-0.2, -0.15) is 0 Å². The van der Waals surface area contributed by atoms with Gasteiger partial charge in [0.1, 0.15) is 4.88 Å². The Hall–Kier alpha value is -2.66. The highest BCUT2D eigenvalue weighted by molar-refractivity contribution is 7.20. The predicted octanol–water partition coefficient (Wildman–Crippen LogP) is 3.78. The van der Waals surface area contributed by atoms with E-state index in [9.17, 15) is 9.59 Å². The van der Waals surface area contributed by atoms with Gasteiger partial charge in [0.25, 0.3) is 0 Å². The molecule has 0 aliphatic carbocycles. The second-order valence-corrected chi connectivity index (χ2v) is 5.96. The minimum absolute atomic E-state index is 0.0979. The molecule has 0 aliphatic rings. The zero-order valence-electron chi connectivity index (χ0n) is 11.6. The van der Waals surface area contributed by atoms with Crippen LogP contribution in [-0.2, 0) is 11.2 Å². The molecule has 1 aromatic heterocycles. The fourth-order valence-electron chi connectivity index (χ4n) is 2.21. The zero-order valence-corrected chi connectivity index (χ0v) is 12.4. The van der Waals surface area contributed by atoms with Crippen molar-refractivity contribution in [1.82, 2.24) is 0 Å². The van der Waals surface area contributed by atoms with Crippen LogP contribution < -0.4 is 5.32 Å². The third-order valence-corrected chi connectivity index (χ3v) is 4.32. The van der Waals surface area contributed by atoms with E-state index < -0.39 is 5.97 Å². The molecule has 4 nitrogen and oxygen atoms in total. The Bertz CT molecular complexity index is 839. The van der Waals surface area contributed by atoms with Gasteiger partial charge in [0.2, 0.25) is 5.91 Å². The Kier molecular flexibility index (Phi) is 3.89. The summed E-state index contributed by atoms with van der Waals surface area (Å²) in [6.45, 7) is 0. The van der Waals surface area contributed by atoms with E-state index in [4.69, 9.17) is 5.11 Å². The van der Waals surface area contributed by atoms with Crippen LogP contribution in [0, 0.1) is 0 Å². The van der Waals surface area contributed by atoms with Crippen molar-refractivity contribution in [2.24, 2.45) is 0 Å². The molecule has 2 aromatic carbocycles. The maximum absolute atomic E-state index is 12.0. The van der Waals surface area contributed by atoms with E-state index in [0.717, 1.165) is 15.6 Å². The quantitative estimate of drug-likeness (QED) is 0.770. The number of carbonyl (C=O) groups excluding carboxylic acids is 1. The van der Waals surface area contributed by atoms with Crippen molar-refractivity contribution in [2.45, 2.75) is 6.42 Å². The lowest BCUT2D eigenvalue weighted by molar-refractivity contribution is -0.115. The number of carbonyl (C=O) groups is 2. The second kappa shape index (κ2) is 5.99. The molecule has 0 radical (unpaired) electrons. The number of nitrogens with one attached hydrogen (secondary N) is 1. The number of carboxylic acid groups (broad SMARTS) is 1. The molecule has 0 unspecified atom stereocenters. The molecule has 0 spiro atoms. The number of hydrogen-bond acceptors (Lipinski definition) is 3. The zero-order chi connectivity index (χ0) is 15.5. The minimum Gasteiger partial charge on any atom is -0.477 e. The summed E-state index contributed by atoms with van der Waals surface area (Å²) in [5.41, 5.74) is 1.62. The van der Waals surface area contributed by atoms with Crippen LogP contribution in [0.3, 0.4) is 0 Å². The second-order valence-electron chi connectivity index (χ2n) is 4.88. The van der Waals surface area contributed by atoms with Crippen molar-refractivity contribution < 1.29 is 14.7 Å². The standard InChI is InChI=1S/C17H13NO3S/c19-16(8-11-4-2-1-3-5-11)18-13-6-7-14-12(9-13)10-15(22-14)17(20)21/h1-7,9-10H,8H2,(H,18,19)(H,20,21). The number of aromatic carboxylic acids is 1. The first-order valence-electron chi connectivity index (χ1n) is 6.72. The van der Waals surface area contributed by atoms with Gasteiger partial charge >= 0.3 is 5.97 Å². The van der Waals surface area contributed by atoms with Crippen LogP contribution in [-0.4, -0.2) is 17.0 Å². The normalized spacial score (nSPS) is 10.5. The van der Waals surface area contributed by atoms with Crippen LogP contribution >= 0.6 is 11.3 Å². The largest absolute Gasteiger partial charge is 0.477 e. The van der Waals surface area contributed by atoms with Crippen LogP contribution in [0.4, 0.5) is 5.69 Å². The maximum Gasteiger partial charge on any atom is 0.345 e. The third-order valence-electron chi connectivity index (χ3n) is 3.22. The van der Waals surface area contributed by atoms with Crippen LogP contribution in [0.5, 0.6) is 0 Å². The molecule has 0 aliphatic heterocycles.